The molecule has 0 aromatic heterocycles. The predicted octanol–water partition coefficient (Wildman–Crippen LogP) is 4.24. The van der Waals surface area contributed by atoms with Crippen molar-refractivity contribution < 1.29 is 14.0 Å². The Morgan fingerprint density at radius 2 is 1.96 bits per heavy atom. The molecule has 0 radical (unpaired) electrons. The van der Waals surface area contributed by atoms with Gasteiger partial charge in [0.2, 0.25) is 0 Å². The third-order valence-electron chi connectivity index (χ3n) is 3.48. The molecule has 1 aliphatic heterocycles. The number of carbonyl (C=O) groups is 2. The van der Waals surface area contributed by atoms with Gasteiger partial charge >= 0.3 is 0 Å². The lowest BCUT2D eigenvalue weighted by atomic mass is 10.2. The zero-order valence-electron chi connectivity index (χ0n) is 13.0. The Morgan fingerprint density at radius 1 is 1.17 bits per heavy atom. The van der Waals surface area contributed by atoms with Crippen LogP contribution in [-0.4, -0.2) is 22.7 Å². The molecule has 24 heavy (non-hydrogen) atoms. The number of amides is 2. The first-order chi connectivity index (χ1) is 11.5. The minimum atomic E-state index is -0.385. The molecule has 122 valence electrons. The van der Waals surface area contributed by atoms with Crippen LogP contribution in [0.4, 0.5) is 14.9 Å². The van der Waals surface area contributed by atoms with E-state index in [4.69, 9.17) is 0 Å². The van der Waals surface area contributed by atoms with Gasteiger partial charge in [-0.25, -0.2) is 4.39 Å². The van der Waals surface area contributed by atoms with Gasteiger partial charge in [-0.05, 0) is 60.2 Å². The van der Waals surface area contributed by atoms with Gasteiger partial charge in [0.1, 0.15) is 5.82 Å². The molecule has 1 fully saturated rings. The molecule has 0 aliphatic carbocycles. The summed E-state index contributed by atoms with van der Waals surface area (Å²) in [4.78, 5) is 25.9. The first-order valence-corrected chi connectivity index (χ1v) is 8.16. The standard InChI is InChI=1S/C18H15FN2O2S/c1-12-4-2-7-15(8-12)20-11-21-17(22)16(24-18(21)23)10-13-5-3-6-14(19)9-13/h2-10,20H,11H2,1H3. The summed E-state index contributed by atoms with van der Waals surface area (Å²) in [5, 5.41) is 2.72. The van der Waals surface area contributed by atoms with E-state index in [1.807, 2.05) is 31.2 Å². The average molecular weight is 342 g/mol. The largest absolute Gasteiger partial charge is 0.367 e. The van der Waals surface area contributed by atoms with Crippen LogP contribution in [0.15, 0.2) is 53.4 Å². The molecule has 0 spiro atoms. The van der Waals surface area contributed by atoms with Gasteiger partial charge in [0, 0.05) is 5.69 Å². The number of rotatable bonds is 4. The lowest BCUT2D eigenvalue weighted by Crippen LogP contribution is -2.33. The molecule has 6 heteroatoms. The fourth-order valence-electron chi connectivity index (χ4n) is 2.31. The first kappa shape index (κ1) is 16.3. The topological polar surface area (TPSA) is 49.4 Å². The number of benzene rings is 2. The molecule has 4 nitrogen and oxygen atoms in total. The molecule has 1 N–H and O–H groups in total. The summed E-state index contributed by atoms with van der Waals surface area (Å²) in [5.74, 6) is -0.765. The molecule has 1 saturated heterocycles. The van der Waals surface area contributed by atoms with Crippen LogP contribution in [0.3, 0.4) is 0 Å². The van der Waals surface area contributed by atoms with Crippen molar-refractivity contribution in [3.8, 4) is 0 Å². The zero-order valence-corrected chi connectivity index (χ0v) is 13.8. The van der Waals surface area contributed by atoms with E-state index in [9.17, 15) is 14.0 Å². The average Bonchev–Trinajstić information content (AvgIpc) is 2.79. The first-order valence-electron chi connectivity index (χ1n) is 7.34. The summed E-state index contributed by atoms with van der Waals surface area (Å²) in [6.45, 7) is 2.06. The van der Waals surface area contributed by atoms with E-state index >= 15 is 0 Å². The second-order valence-corrected chi connectivity index (χ2v) is 6.36. The quantitative estimate of drug-likeness (QED) is 0.845. The lowest BCUT2D eigenvalue weighted by molar-refractivity contribution is -0.122. The highest BCUT2D eigenvalue weighted by atomic mass is 32.2. The van der Waals surface area contributed by atoms with Gasteiger partial charge in [0.15, 0.2) is 0 Å². The summed E-state index contributed by atoms with van der Waals surface area (Å²) in [6.07, 6.45) is 1.53. The van der Waals surface area contributed by atoms with Crippen molar-refractivity contribution in [1.82, 2.24) is 4.90 Å². The molecule has 1 aliphatic rings. The molecule has 0 saturated carbocycles. The van der Waals surface area contributed by atoms with E-state index in [0.29, 0.717) is 5.56 Å². The Bertz CT molecular complexity index is 835. The van der Waals surface area contributed by atoms with E-state index in [0.717, 1.165) is 27.9 Å². The Labute approximate surface area is 143 Å². The number of nitrogens with one attached hydrogen (secondary N) is 1. The smallest absolute Gasteiger partial charge is 0.295 e. The van der Waals surface area contributed by atoms with Crippen LogP contribution in [0, 0.1) is 12.7 Å². The number of anilines is 1. The summed E-state index contributed by atoms with van der Waals surface area (Å²) in [5.41, 5.74) is 2.47. The van der Waals surface area contributed by atoms with Crippen molar-refractivity contribution in [3.05, 3.63) is 70.4 Å². The van der Waals surface area contributed by atoms with Crippen LogP contribution in [-0.2, 0) is 4.79 Å². The number of aryl methyl sites for hydroxylation is 1. The van der Waals surface area contributed by atoms with Crippen molar-refractivity contribution in [2.75, 3.05) is 12.0 Å². The van der Waals surface area contributed by atoms with Gasteiger partial charge in [-0.15, -0.1) is 0 Å². The minimum absolute atomic E-state index is 0.0919. The Kier molecular flexibility index (Phi) is 4.66. The number of nitrogens with zero attached hydrogens (tertiary/aromatic N) is 1. The van der Waals surface area contributed by atoms with Crippen LogP contribution in [0.2, 0.25) is 0 Å². The highest BCUT2D eigenvalue weighted by Crippen LogP contribution is 2.32. The molecule has 2 aromatic rings. The zero-order chi connectivity index (χ0) is 17.1. The summed E-state index contributed by atoms with van der Waals surface area (Å²) >= 11 is 0.857. The van der Waals surface area contributed by atoms with Crippen LogP contribution >= 0.6 is 11.8 Å². The van der Waals surface area contributed by atoms with Gasteiger partial charge in [0.05, 0.1) is 11.6 Å². The molecule has 2 aromatic carbocycles. The highest BCUT2D eigenvalue weighted by Gasteiger charge is 2.34. The Balaban J connectivity index is 1.72. The van der Waals surface area contributed by atoms with Gasteiger partial charge in [-0.3, -0.25) is 14.5 Å². The molecule has 1 heterocycles. The van der Waals surface area contributed by atoms with Crippen molar-refractivity contribution in [3.63, 3.8) is 0 Å². The molecule has 2 amide bonds. The SMILES string of the molecule is Cc1cccc(NCN2C(=O)SC(=Cc3cccc(F)c3)C2=O)c1. The van der Waals surface area contributed by atoms with Crippen LogP contribution in [0.1, 0.15) is 11.1 Å². The molecular formula is C18H15FN2O2S. The Hall–Kier alpha value is -2.60. The van der Waals surface area contributed by atoms with Gasteiger partial charge in [-0.1, -0.05) is 24.3 Å². The molecule has 0 atom stereocenters. The molecule has 0 bridgehead atoms. The summed E-state index contributed by atoms with van der Waals surface area (Å²) < 4.78 is 13.2. The second kappa shape index (κ2) is 6.88. The molecular weight excluding hydrogens is 327 g/mol. The third-order valence-corrected chi connectivity index (χ3v) is 4.39. The van der Waals surface area contributed by atoms with Gasteiger partial charge in [0.25, 0.3) is 11.1 Å². The normalized spacial score (nSPS) is 16.1. The van der Waals surface area contributed by atoms with E-state index in [1.165, 1.54) is 18.2 Å². The summed E-state index contributed by atoms with van der Waals surface area (Å²) in [7, 11) is 0. The lowest BCUT2D eigenvalue weighted by Gasteiger charge is -2.14. The van der Waals surface area contributed by atoms with Crippen molar-refractivity contribution in [1.29, 1.82) is 0 Å². The monoisotopic (exact) mass is 342 g/mol. The predicted molar refractivity (Wildman–Crippen MR) is 93.9 cm³/mol. The van der Waals surface area contributed by atoms with E-state index in [1.54, 1.807) is 12.1 Å². The van der Waals surface area contributed by atoms with Crippen molar-refractivity contribution in [2.24, 2.45) is 0 Å². The maximum atomic E-state index is 13.2. The number of imide groups is 1. The third kappa shape index (κ3) is 3.65. The van der Waals surface area contributed by atoms with Crippen LogP contribution in [0.5, 0.6) is 0 Å². The van der Waals surface area contributed by atoms with Crippen molar-refractivity contribution >= 4 is 34.7 Å². The van der Waals surface area contributed by atoms with E-state index < -0.39 is 0 Å². The van der Waals surface area contributed by atoms with Gasteiger partial charge < -0.3 is 5.32 Å². The number of halogens is 1. The number of carbonyl (C=O) groups excluding carboxylic acids is 2. The van der Waals surface area contributed by atoms with E-state index in [2.05, 4.69) is 5.32 Å². The molecule has 3 rings (SSSR count). The maximum absolute atomic E-state index is 13.2. The fourth-order valence-corrected chi connectivity index (χ4v) is 3.15. The molecule has 0 unspecified atom stereocenters. The van der Waals surface area contributed by atoms with Crippen molar-refractivity contribution in [2.45, 2.75) is 6.92 Å². The number of thioether (sulfide) groups is 1. The fraction of sp³-hybridized carbons (Fsp3) is 0.111. The maximum Gasteiger partial charge on any atom is 0.295 e. The second-order valence-electron chi connectivity index (χ2n) is 5.37. The van der Waals surface area contributed by atoms with Gasteiger partial charge in [-0.2, -0.15) is 0 Å². The summed E-state index contributed by atoms with van der Waals surface area (Å²) in [6, 6.07) is 13.6. The highest BCUT2D eigenvalue weighted by molar-refractivity contribution is 8.18. The number of hydrogen-bond acceptors (Lipinski definition) is 4. The van der Waals surface area contributed by atoms with E-state index in [-0.39, 0.29) is 28.5 Å². The van der Waals surface area contributed by atoms with Crippen LogP contribution in [0.25, 0.3) is 6.08 Å². The number of hydrogen-bond donors (Lipinski definition) is 1. The Morgan fingerprint density at radius 3 is 2.71 bits per heavy atom. The van der Waals surface area contributed by atoms with Crippen LogP contribution < -0.4 is 5.32 Å². The minimum Gasteiger partial charge on any atom is -0.367 e.